The third-order valence-corrected chi connectivity index (χ3v) is 2.84. The quantitative estimate of drug-likeness (QED) is 0.737. The highest BCUT2D eigenvalue weighted by atomic mass is 16.4. The summed E-state index contributed by atoms with van der Waals surface area (Å²) in [6.07, 6.45) is 9.84. The lowest BCUT2D eigenvalue weighted by molar-refractivity contribution is -0.142. The minimum atomic E-state index is -1.14. The van der Waals surface area contributed by atoms with Crippen LogP contribution in [0.2, 0.25) is 0 Å². The van der Waals surface area contributed by atoms with Gasteiger partial charge in [-0.25, -0.2) is 4.90 Å². The molecule has 2 rings (SSSR count). The molecule has 5 heteroatoms. The first-order valence-electron chi connectivity index (χ1n) is 5.32. The van der Waals surface area contributed by atoms with Crippen LogP contribution >= 0.6 is 0 Å². The average molecular weight is 245 g/mol. The third kappa shape index (κ3) is 1.90. The van der Waals surface area contributed by atoms with Gasteiger partial charge < -0.3 is 5.11 Å². The van der Waals surface area contributed by atoms with Crippen molar-refractivity contribution < 1.29 is 19.5 Å². The summed E-state index contributed by atoms with van der Waals surface area (Å²) in [5.41, 5.74) is -0.784. The van der Waals surface area contributed by atoms with Crippen LogP contribution in [0.3, 0.4) is 0 Å². The largest absolute Gasteiger partial charge is 0.480 e. The fourth-order valence-electron chi connectivity index (χ4n) is 1.66. The molecule has 5 nitrogen and oxygen atoms in total. The van der Waals surface area contributed by atoms with Crippen LogP contribution in [0.5, 0.6) is 0 Å². The van der Waals surface area contributed by atoms with Gasteiger partial charge in [0.2, 0.25) is 0 Å². The molecule has 0 radical (unpaired) electrons. The van der Waals surface area contributed by atoms with Crippen LogP contribution < -0.4 is 0 Å². The maximum Gasteiger partial charge on any atom is 0.317 e. The van der Waals surface area contributed by atoms with Gasteiger partial charge in [0.25, 0.3) is 11.8 Å². The molecule has 18 heavy (non-hydrogen) atoms. The van der Waals surface area contributed by atoms with E-state index < -0.39 is 23.2 Å². The predicted molar refractivity (Wildman–Crippen MR) is 63.1 cm³/mol. The lowest BCUT2D eigenvalue weighted by atomic mass is 9.90. The number of imide groups is 1. The molecule has 0 bridgehead atoms. The summed E-state index contributed by atoms with van der Waals surface area (Å²) in [4.78, 5) is 35.1. The Balaban J connectivity index is 2.32. The van der Waals surface area contributed by atoms with Crippen molar-refractivity contribution in [2.24, 2.45) is 5.41 Å². The fraction of sp³-hybridized carbons (Fsp3) is 0.154. The Morgan fingerprint density at radius 3 is 2.33 bits per heavy atom. The molecule has 0 saturated carbocycles. The molecule has 2 aliphatic rings. The SMILES string of the molecule is CC1(C(=O)O)C=CC=C(N2C(=O)C=CC2=O)C=C1. The second kappa shape index (κ2) is 4.10. The van der Waals surface area contributed by atoms with Crippen molar-refractivity contribution in [2.75, 3.05) is 0 Å². The van der Waals surface area contributed by atoms with Gasteiger partial charge >= 0.3 is 5.97 Å². The molecule has 1 aliphatic heterocycles. The van der Waals surface area contributed by atoms with Crippen molar-refractivity contribution in [3.63, 3.8) is 0 Å². The molecule has 1 atom stereocenters. The second-order valence-electron chi connectivity index (χ2n) is 4.22. The van der Waals surface area contributed by atoms with E-state index >= 15 is 0 Å². The van der Waals surface area contributed by atoms with E-state index in [9.17, 15) is 14.4 Å². The van der Waals surface area contributed by atoms with Crippen molar-refractivity contribution >= 4 is 17.8 Å². The lowest BCUT2D eigenvalue weighted by Crippen LogP contribution is -2.28. The number of carbonyl (C=O) groups is 3. The van der Waals surface area contributed by atoms with Crippen molar-refractivity contribution in [3.05, 3.63) is 48.2 Å². The first kappa shape index (κ1) is 12.0. The highest BCUT2D eigenvalue weighted by Crippen LogP contribution is 2.26. The number of carbonyl (C=O) groups excluding carboxylic acids is 2. The van der Waals surface area contributed by atoms with Gasteiger partial charge in [-0.15, -0.1) is 0 Å². The van der Waals surface area contributed by atoms with Gasteiger partial charge in [0.05, 0.1) is 5.70 Å². The number of hydrogen-bond donors (Lipinski definition) is 1. The predicted octanol–water partition coefficient (Wildman–Crippen LogP) is 1.01. The van der Waals surface area contributed by atoms with Gasteiger partial charge in [-0.1, -0.05) is 18.2 Å². The Kier molecular flexibility index (Phi) is 2.74. The summed E-state index contributed by atoms with van der Waals surface area (Å²) in [5.74, 6) is -1.85. The van der Waals surface area contributed by atoms with E-state index in [1.165, 1.54) is 49.5 Å². The summed E-state index contributed by atoms with van der Waals surface area (Å²) in [6.45, 7) is 1.53. The summed E-state index contributed by atoms with van der Waals surface area (Å²) in [7, 11) is 0. The maximum absolute atomic E-state index is 11.5. The maximum atomic E-state index is 11.5. The Morgan fingerprint density at radius 1 is 1.17 bits per heavy atom. The zero-order valence-electron chi connectivity index (χ0n) is 9.66. The average Bonchev–Trinajstić information content (AvgIpc) is 2.52. The number of amides is 2. The van der Waals surface area contributed by atoms with Crippen LogP contribution in [0.4, 0.5) is 0 Å². The van der Waals surface area contributed by atoms with E-state index in [1.54, 1.807) is 0 Å². The highest BCUT2D eigenvalue weighted by molar-refractivity contribution is 6.14. The van der Waals surface area contributed by atoms with E-state index in [4.69, 9.17) is 5.11 Å². The van der Waals surface area contributed by atoms with E-state index in [2.05, 4.69) is 0 Å². The summed E-state index contributed by atoms with van der Waals surface area (Å²) in [5, 5.41) is 9.09. The minimum Gasteiger partial charge on any atom is -0.480 e. The third-order valence-electron chi connectivity index (χ3n) is 2.84. The van der Waals surface area contributed by atoms with E-state index in [0.29, 0.717) is 5.70 Å². The Bertz CT molecular complexity index is 535. The van der Waals surface area contributed by atoms with E-state index in [1.807, 2.05) is 0 Å². The zero-order valence-corrected chi connectivity index (χ0v) is 9.66. The van der Waals surface area contributed by atoms with Gasteiger partial charge in [-0.05, 0) is 19.1 Å². The molecule has 0 fully saturated rings. The first-order chi connectivity index (χ1) is 8.44. The number of rotatable bonds is 2. The number of allylic oxidation sites excluding steroid dienone is 3. The van der Waals surface area contributed by atoms with Gasteiger partial charge in [0.15, 0.2) is 0 Å². The van der Waals surface area contributed by atoms with Gasteiger partial charge in [-0.3, -0.25) is 14.4 Å². The van der Waals surface area contributed by atoms with Crippen LogP contribution in [0.15, 0.2) is 48.2 Å². The molecule has 2 amide bonds. The molecule has 0 saturated heterocycles. The number of carboxylic acid groups (broad SMARTS) is 1. The van der Waals surface area contributed by atoms with E-state index in [-0.39, 0.29) is 0 Å². The normalized spacial score (nSPS) is 26.5. The Labute approximate surface area is 103 Å². The highest BCUT2D eigenvalue weighted by Gasteiger charge is 2.30. The smallest absolute Gasteiger partial charge is 0.317 e. The molecule has 0 aromatic rings. The standard InChI is InChI=1S/C13H11NO4/c1-13(12(17)18)7-2-3-9(6-8-13)14-10(15)4-5-11(14)16/h2-8H,1H3,(H,17,18). The minimum absolute atomic E-state index is 0.358. The van der Waals surface area contributed by atoms with Crippen molar-refractivity contribution in [1.29, 1.82) is 0 Å². The van der Waals surface area contributed by atoms with Crippen LogP contribution in [-0.2, 0) is 14.4 Å². The summed E-state index contributed by atoms with van der Waals surface area (Å²) in [6, 6.07) is 0. The molecule has 0 spiro atoms. The van der Waals surface area contributed by atoms with Crippen molar-refractivity contribution in [3.8, 4) is 0 Å². The number of nitrogens with zero attached hydrogens (tertiary/aromatic N) is 1. The van der Waals surface area contributed by atoms with Crippen LogP contribution in [-0.4, -0.2) is 27.8 Å². The summed E-state index contributed by atoms with van der Waals surface area (Å²) < 4.78 is 0. The first-order valence-corrected chi connectivity index (χ1v) is 5.32. The molecule has 1 unspecified atom stereocenters. The zero-order chi connectivity index (χ0) is 13.3. The second-order valence-corrected chi connectivity index (χ2v) is 4.22. The fourth-order valence-corrected chi connectivity index (χ4v) is 1.66. The van der Waals surface area contributed by atoms with Crippen molar-refractivity contribution in [1.82, 2.24) is 4.90 Å². The topological polar surface area (TPSA) is 74.7 Å². The monoisotopic (exact) mass is 245 g/mol. The van der Waals surface area contributed by atoms with Gasteiger partial charge in [0, 0.05) is 12.2 Å². The molecule has 1 aliphatic carbocycles. The molecule has 0 aromatic heterocycles. The Hall–Kier alpha value is -2.43. The van der Waals surface area contributed by atoms with Crippen LogP contribution in [0.25, 0.3) is 0 Å². The van der Waals surface area contributed by atoms with Crippen molar-refractivity contribution in [2.45, 2.75) is 6.92 Å². The Morgan fingerprint density at radius 2 is 1.78 bits per heavy atom. The molecule has 1 heterocycles. The summed E-state index contributed by atoms with van der Waals surface area (Å²) >= 11 is 0. The van der Waals surface area contributed by atoms with Crippen LogP contribution in [0.1, 0.15) is 6.92 Å². The lowest BCUT2D eigenvalue weighted by Gasteiger charge is -2.16. The molecule has 0 aromatic carbocycles. The molecular weight excluding hydrogens is 234 g/mol. The number of hydrogen-bond acceptors (Lipinski definition) is 3. The van der Waals surface area contributed by atoms with Gasteiger partial charge in [0.1, 0.15) is 5.41 Å². The molecular formula is C13H11NO4. The van der Waals surface area contributed by atoms with Crippen LogP contribution in [0, 0.1) is 5.41 Å². The van der Waals surface area contributed by atoms with Gasteiger partial charge in [-0.2, -0.15) is 0 Å². The molecule has 1 N–H and O–H groups in total. The molecule has 92 valence electrons. The number of carboxylic acids is 1. The van der Waals surface area contributed by atoms with E-state index in [0.717, 1.165) is 4.90 Å². The number of aliphatic carboxylic acids is 1.